The molecule has 2 aromatic carbocycles. The van der Waals surface area contributed by atoms with Crippen molar-refractivity contribution >= 4 is 123 Å². The number of halogens is 8. The van der Waals surface area contributed by atoms with Crippen LogP contribution in [-0.4, -0.2) is 0 Å². The van der Waals surface area contributed by atoms with Crippen LogP contribution in [0.25, 0.3) is 21.9 Å². The van der Waals surface area contributed by atoms with Crippen molar-refractivity contribution < 1.29 is 4.42 Å². The Labute approximate surface area is 165 Å². The van der Waals surface area contributed by atoms with Gasteiger partial charge in [0.2, 0.25) is 0 Å². The molecule has 3 aromatic rings. The predicted molar refractivity (Wildman–Crippen MR) is 99.2 cm³/mol. The third kappa shape index (κ3) is 2.32. The fraction of sp³-hybridized carbons (Fsp3) is 0. The van der Waals surface area contributed by atoms with Crippen molar-refractivity contribution in [3.05, 3.63) is 39.1 Å². The smallest absolute Gasteiger partial charge is 0.157 e. The molecule has 0 atom stereocenters. The number of rotatable bonds is 0. The van der Waals surface area contributed by atoms with Crippen LogP contribution >= 0.6 is 101 Å². The van der Waals surface area contributed by atoms with E-state index in [1.54, 1.807) is 0 Å². The molecule has 0 aliphatic carbocycles. The van der Waals surface area contributed by atoms with Gasteiger partial charge in [0.15, 0.2) is 11.2 Å². The minimum absolute atomic E-state index is 0.118. The molecule has 1 nitrogen and oxygen atoms in total. The van der Waals surface area contributed by atoms with Gasteiger partial charge >= 0.3 is 0 Å². The molecule has 0 fully saturated rings. The average molecular weight is 533 g/mol. The third-order valence-electron chi connectivity index (χ3n) is 2.90. The van der Waals surface area contributed by atoms with Crippen molar-refractivity contribution in [2.45, 2.75) is 0 Å². The van der Waals surface area contributed by atoms with Gasteiger partial charge in [-0.05, 0) is 31.9 Å². The quantitative estimate of drug-likeness (QED) is 0.208. The van der Waals surface area contributed by atoms with Crippen LogP contribution in [0.3, 0.4) is 0 Å². The van der Waals surface area contributed by atoms with Crippen molar-refractivity contribution in [3.8, 4) is 0 Å². The van der Waals surface area contributed by atoms with Crippen molar-refractivity contribution in [2.24, 2.45) is 0 Å². The molecule has 0 unspecified atom stereocenters. The van der Waals surface area contributed by atoms with Gasteiger partial charge in [-0.15, -0.1) is 0 Å². The molecule has 0 amide bonds. The fourth-order valence-corrected chi connectivity index (χ4v) is 4.54. The van der Waals surface area contributed by atoms with E-state index < -0.39 is 0 Å². The van der Waals surface area contributed by atoms with Crippen LogP contribution in [0.5, 0.6) is 0 Å². The van der Waals surface area contributed by atoms with Crippen LogP contribution < -0.4 is 0 Å². The summed E-state index contributed by atoms with van der Waals surface area (Å²) in [5.41, 5.74) is 0.636. The van der Waals surface area contributed by atoms with Gasteiger partial charge < -0.3 is 4.42 Å². The van der Waals surface area contributed by atoms with Gasteiger partial charge in [-0.3, -0.25) is 0 Å². The van der Waals surface area contributed by atoms with E-state index in [1.165, 1.54) is 0 Å². The monoisotopic (exact) mass is 528 g/mol. The highest BCUT2D eigenvalue weighted by molar-refractivity contribution is 9.13. The van der Waals surface area contributed by atoms with Gasteiger partial charge in [-0.1, -0.05) is 69.6 Å². The Kier molecular flexibility index (Phi) is 4.62. The molecule has 0 aliphatic rings. The maximum atomic E-state index is 6.29. The lowest BCUT2D eigenvalue weighted by molar-refractivity contribution is 0.669. The number of furan rings is 1. The highest BCUT2D eigenvalue weighted by atomic mass is 79.9. The molecule has 21 heavy (non-hydrogen) atoms. The fourth-order valence-electron chi connectivity index (χ4n) is 1.96. The number of hydrogen-bond acceptors (Lipinski definition) is 1. The molecule has 3 rings (SSSR count). The Balaban J connectivity index is 2.73. The molecule has 0 N–H and O–H groups in total. The van der Waals surface area contributed by atoms with Gasteiger partial charge in [-0.25, -0.2) is 0 Å². The van der Waals surface area contributed by atoms with E-state index in [4.69, 9.17) is 74.0 Å². The van der Waals surface area contributed by atoms with Gasteiger partial charge in [-0.2, -0.15) is 0 Å². The molecule has 1 aromatic heterocycles. The lowest BCUT2D eigenvalue weighted by Gasteiger charge is -2.05. The first-order valence-electron chi connectivity index (χ1n) is 5.17. The molecular weight excluding hydrogens is 533 g/mol. The summed E-state index contributed by atoms with van der Waals surface area (Å²) in [7, 11) is 0. The summed E-state index contributed by atoms with van der Waals surface area (Å²) in [4.78, 5) is 0. The third-order valence-corrected chi connectivity index (χ3v) is 7.87. The predicted octanol–water partition coefficient (Wildman–Crippen LogP) is 9.03. The van der Waals surface area contributed by atoms with Crippen LogP contribution in [0.1, 0.15) is 0 Å². The summed E-state index contributed by atoms with van der Waals surface area (Å²) in [5.74, 6) is 0. The van der Waals surface area contributed by atoms with Crippen LogP contribution in [0.4, 0.5) is 0 Å². The Morgan fingerprint density at radius 1 is 0.524 bits per heavy atom. The molecule has 0 bridgehead atoms. The summed E-state index contributed by atoms with van der Waals surface area (Å²) in [5, 5.41) is 2.31. The SMILES string of the molecule is Clc1c(Cl)c(Cl)c2c(oc3c(Cl)c(Cl)c(Br)c(Br)c32)c1Cl. The van der Waals surface area contributed by atoms with E-state index in [-0.39, 0.29) is 25.1 Å². The lowest BCUT2D eigenvalue weighted by Crippen LogP contribution is -1.81. The summed E-state index contributed by atoms with van der Waals surface area (Å²) in [6.07, 6.45) is 0. The van der Waals surface area contributed by atoms with Gasteiger partial charge in [0.1, 0.15) is 10.0 Å². The number of fused-ring (bicyclic) bond motifs is 3. The largest absolute Gasteiger partial charge is 0.453 e. The van der Waals surface area contributed by atoms with E-state index in [0.29, 0.717) is 35.9 Å². The summed E-state index contributed by atoms with van der Waals surface area (Å²) >= 11 is 43.8. The summed E-state index contributed by atoms with van der Waals surface area (Å²) in [6.45, 7) is 0. The normalized spacial score (nSPS) is 11.8. The topological polar surface area (TPSA) is 13.1 Å². The number of hydrogen-bond donors (Lipinski definition) is 0. The standard InChI is InChI=1S/C12Br2Cl6O/c13-3-1-2-5(15)7(17)8(18)10(20)12(2)21-11(1)9(19)6(16)4(3)14. The van der Waals surface area contributed by atoms with Crippen molar-refractivity contribution in [1.29, 1.82) is 0 Å². The first-order valence-corrected chi connectivity index (χ1v) is 9.02. The van der Waals surface area contributed by atoms with Crippen LogP contribution in [0, 0.1) is 0 Å². The summed E-state index contributed by atoms with van der Waals surface area (Å²) < 4.78 is 6.92. The highest BCUT2D eigenvalue weighted by Crippen LogP contribution is 2.52. The molecule has 0 saturated carbocycles. The van der Waals surface area contributed by atoms with E-state index in [1.807, 2.05) is 0 Å². The minimum atomic E-state index is 0.118. The molecule has 110 valence electrons. The minimum Gasteiger partial charge on any atom is -0.453 e. The lowest BCUT2D eigenvalue weighted by atomic mass is 10.1. The van der Waals surface area contributed by atoms with E-state index in [9.17, 15) is 0 Å². The highest BCUT2D eigenvalue weighted by Gasteiger charge is 2.26. The molecule has 9 heteroatoms. The first-order chi connectivity index (χ1) is 9.77. The van der Waals surface area contributed by atoms with Crippen LogP contribution in [0.2, 0.25) is 30.1 Å². The Hall–Kier alpha value is 0.940. The second-order valence-electron chi connectivity index (χ2n) is 4.02. The molecular formula is C12Br2Cl6O. The second kappa shape index (κ2) is 5.78. The Morgan fingerprint density at radius 2 is 1.00 bits per heavy atom. The van der Waals surface area contributed by atoms with Gasteiger partial charge in [0.05, 0.1) is 29.9 Å². The van der Waals surface area contributed by atoms with Crippen molar-refractivity contribution in [1.82, 2.24) is 0 Å². The molecule has 0 saturated heterocycles. The first kappa shape index (κ1) is 16.8. The van der Waals surface area contributed by atoms with Crippen molar-refractivity contribution in [3.63, 3.8) is 0 Å². The summed E-state index contributed by atoms with van der Waals surface area (Å²) in [6, 6.07) is 0. The van der Waals surface area contributed by atoms with Gasteiger partial charge in [0, 0.05) is 9.86 Å². The average Bonchev–Trinajstić information content (AvgIpc) is 2.87. The van der Waals surface area contributed by atoms with Crippen LogP contribution in [0.15, 0.2) is 13.4 Å². The Bertz CT molecular complexity index is 859. The van der Waals surface area contributed by atoms with E-state index >= 15 is 0 Å². The van der Waals surface area contributed by atoms with E-state index in [2.05, 4.69) is 31.9 Å². The van der Waals surface area contributed by atoms with E-state index in [0.717, 1.165) is 0 Å². The molecule has 0 aliphatic heterocycles. The van der Waals surface area contributed by atoms with Gasteiger partial charge in [0.25, 0.3) is 0 Å². The zero-order valence-corrected chi connectivity index (χ0v) is 17.1. The Morgan fingerprint density at radius 3 is 1.62 bits per heavy atom. The molecule has 1 heterocycles. The zero-order chi connectivity index (χ0) is 15.6. The second-order valence-corrected chi connectivity index (χ2v) is 7.88. The molecule has 0 spiro atoms. The maximum Gasteiger partial charge on any atom is 0.157 e. The van der Waals surface area contributed by atoms with Crippen molar-refractivity contribution in [2.75, 3.05) is 0 Å². The maximum absolute atomic E-state index is 6.29. The zero-order valence-electron chi connectivity index (χ0n) is 9.43. The molecule has 0 radical (unpaired) electrons. The van der Waals surface area contributed by atoms with Crippen LogP contribution in [-0.2, 0) is 0 Å². The number of benzene rings is 2.